The molecule has 6 heteroatoms. The maximum absolute atomic E-state index is 11.6. The number of aromatic nitrogens is 2. The van der Waals surface area contributed by atoms with Gasteiger partial charge in [0.25, 0.3) is 0 Å². The van der Waals surface area contributed by atoms with Crippen molar-refractivity contribution >= 4 is 5.91 Å². The fourth-order valence-corrected chi connectivity index (χ4v) is 1.78. The zero-order valence-corrected chi connectivity index (χ0v) is 10.3. The highest BCUT2D eigenvalue weighted by Gasteiger charge is 2.11. The molecule has 1 aliphatic heterocycles. The van der Waals surface area contributed by atoms with Crippen LogP contribution in [0.1, 0.15) is 12.1 Å². The van der Waals surface area contributed by atoms with Gasteiger partial charge in [-0.1, -0.05) is 0 Å². The Bertz CT molecular complexity index is 366. The number of nitrogens with one attached hydrogen (secondary N) is 1. The van der Waals surface area contributed by atoms with E-state index in [2.05, 4.69) is 20.2 Å². The van der Waals surface area contributed by atoms with Crippen LogP contribution in [0.5, 0.6) is 0 Å². The van der Waals surface area contributed by atoms with Crippen molar-refractivity contribution in [1.82, 2.24) is 20.2 Å². The SMILES string of the molecule is O=C(CCN1CCOCC1)NCc1cnccn1. The summed E-state index contributed by atoms with van der Waals surface area (Å²) in [7, 11) is 0. The van der Waals surface area contributed by atoms with Crippen LogP contribution in [0.3, 0.4) is 0 Å². The molecule has 98 valence electrons. The lowest BCUT2D eigenvalue weighted by Crippen LogP contribution is -2.38. The number of rotatable bonds is 5. The quantitative estimate of drug-likeness (QED) is 0.785. The van der Waals surface area contributed by atoms with E-state index < -0.39 is 0 Å². The Kier molecular flexibility index (Phi) is 5.04. The minimum absolute atomic E-state index is 0.0483. The Morgan fingerprint density at radius 2 is 2.22 bits per heavy atom. The molecule has 18 heavy (non-hydrogen) atoms. The molecule has 1 amide bonds. The number of ether oxygens (including phenoxy) is 1. The maximum Gasteiger partial charge on any atom is 0.221 e. The van der Waals surface area contributed by atoms with Gasteiger partial charge in [-0.05, 0) is 0 Å². The second kappa shape index (κ2) is 7.03. The molecule has 1 aliphatic rings. The minimum Gasteiger partial charge on any atom is -0.379 e. The van der Waals surface area contributed by atoms with Crippen molar-refractivity contribution < 1.29 is 9.53 Å². The number of amides is 1. The first-order valence-corrected chi connectivity index (χ1v) is 6.16. The summed E-state index contributed by atoms with van der Waals surface area (Å²) in [5.41, 5.74) is 0.775. The van der Waals surface area contributed by atoms with Gasteiger partial charge in [-0.15, -0.1) is 0 Å². The van der Waals surface area contributed by atoms with E-state index in [-0.39, 0.29) is 5.91 Å². The summed E-state index contributed by atoms with van der Waals surface area (Å²) in [6.45, 7) is 4.59. The van der Waals surface area contributed by atoms with Crippen LogP contribution in [-0.2, 0) is 16.1 Å². The van der Waals surface area contributed by atoms with Crippen molar-refractivity contribution in [1.29, 1.82) is 0 Å². The molecule has 0 aromatic carbocycles. The van der Waals surface area contributed by atoms with Gasteiger partial charge >= 0.3 is 0 Å². The number of carbonyl (C=O) groups is 1. The van der Waals surface area contributed by atoms with Crippen LogP contribution in [0.25, 0.3) is 0 Å². The van der Waals surface area contributed by atoms with Crippen molar-refractivity contribution in [2.24, 2.45) is 0 Å². The first-order valence-electron chi connectivity index (χ1n) is 6.16. The van der Waals surface area contributed by atoms with Gasteiger partial charge in [-0.3, -0.25) is 19.7 Å². The Morgan fingerprint density at radius 3 is 2.94 bits per heavy atom. The van der Waals surface area contributed by atoms with Crippen LogP contribution in [-0.4, -0.2) is 53.6 Å². The average Bonchev–Trinajstić information content (AvgIpc) is 2.45. The van der Waals surface area contributed by atoms with Crippen LogP contribution in [0.2, 0.25) is 0 Å². The van der Waals surface area contributed by atoms with Gasteiger partial charge in [0.15, 0.2) is 0 Å². The molecule has 1 fully saturated rings. The van der Waals surface area contributed by atoms with Gasteiger partial charge in [0, 0.05) is 38.4 Å². The first-order chi connectivity index (χ1) is 8.84. The van der Waals surface area contributed by atoms with E-state index >= 15 is 0 Å². The smallest absolute Gasteiger partial charge is 0.221 e. The van der Waals surface area contributed by atoms with Crippen molar-refractivity contribution in [3.05, 3.63) is 24.3 Å². The molecule has 0 saturated carbocycles. The van der Waals surface area contributed by atoms with Crippen LogP contribution in [0, 0.1) is 0 Å². The molecule has 2 heterocycles. The Labute approximate surface area is 106 Å². The van der Waals surface area contributed by atoms with Crippen LogP contribution >= 0.6 is 0 Å². The lowest BCUT2D eigenvalue weighted by atomic mass is 10.3. The van der Waals surface area contributed by atoms with Gasteiger partial charge < -0.3 is 10.1 Å². The number of hydrogen-bond acceptors (Lipinski definition) is 5. The fraction of sp³-hybridized carbons (Fsp3) is 0.583. The number of morpholine rings is 1. The van der Waals surface area contributed by atoms with Gasteiger partial charge in [-0.25, -0.2) is 0 Å². The summed E-state index contributed by atoms with van der Waals surface area (Å²) >= 11 is 0. The Morgan fingerprint density at radius 1 is 1.39 bits per heavy atom. The highest BCUT2D eigenvalue weighted by atomic mass is 16.5. The van der Waals surface area contributed by atoms with E-state index in [1.54, 1.807) is 18.6 Å². The molecule has 1 aromatic heterocycles. The third-order valence-corrected chi connectivity index (χ3v) is 2.84. The second-order valence-corrected chi connectivity index (χ2v) is 4.18. The largest absolute Gasteiger partial charge is 0.379 e. The predicted molar refractivity (Wildman–Crippen MR) is 65.8 cm³/mol. The molecule has 6 nitrogen and oxygen atoms in total. The van der Waals surface area contributed by atoms with Crippen molar-refractivity contribution in [2.45, 2.75) is 13.0 Å². The number of carbonyl (C=O) groups excluding carboxylic acids is 1. The average molecular weight is 250 g/mol. The zero-order valence-electron chi connectivity index (χ0n) is 10.3. The van der Waals surface area contributed by atoms with Crippen molar-refractivity contribution in [3.63, 3.8) is 0 Å². The van der Waals surface area contributed by atoms with Crippen LogP contribution < -0.4 is 5.32 Å². The molecule has 0 atom stereocenters. The molecule has 1 N–H and O–H groups in total. The topological polar surface area (TPSA) is 67.3 Å². The Hall–Kier alpha value is -1.53. The first kappa shape index (κ1) is 12.9. The minimum atomic E-state index is 0.0483. The third-order valence-electron chi connectivity index (χ3n) is 2.84. The molecule has 2 rings (SSSR count). The van der Waals surface area contributed by atoms with E-state index in [9.17, 15) is 4.79 Å². The number of nitrogens with zero attached hydrogens (tertiary/aromatic N) is 3. The molecule has 0 spiro atoms. The van der Waals surface area contributed by atoms with Crippen molar-refractivity contribution in [3.8, 4) is 0 Å². The fourth-order valence-electron chi connectivity index (χ4n) is 1.78. The summed E-state index contributed by atoms with van der Waals surface area (Å²) in [6.07, 6.45) is 5.40. The molecular weight excluding hydrogens is 232 g/mol. The maximum atomic E-state index is 11.6. The predicted octanol–water partition coefficient (Wildman–Crippen LogP) is -0.185. The summed E-state index contributed by atoms with van der Waals surface area (Å²) in [4.78, 5) is 21.9. The standard InChI is InChI=1S/C12H18N4O2/c17-12(1-4-16-5-7-18-8-6-16)15-10-11-9-13-2-3-14-11/h2-3,9H,1,4-8,10H2,(H,15,17). The van der Waals surface area contributed by atoms with Gasteiger partial charge in [-0.2, -0.15) is 0 Å². The summed E-state index contributed by atoms with van der Waals surface area (Å²) in [5.74, 6) is 0.0483. The number of hydrogen-bond donors (Lipinski definition) is 1. The molecule has 0 unspecified atom stereocenters. The molecular formula is C12H18N4O2. The highest BCUT2D eigenvalue weighted by Crippen LogP contribution is 1.98. The lowest BCUT2D eigenvalue weighted by Gasteiger charge is -2.26. The van der Waals surface area contributed by atoms with E-state index in [4.69, 9.17) is 4.74 Å². The van der Waals surface area contributed by atoms with Gasteiger partial charge in [0.2, 0.25) is 5.91 Å². The van der Waals surface area contributed by atoms with E-state index in [0.29, 0.717) is 13.0 Å². The lowest BCUT2D eigenvalue weighted by molar-refractivity contribution is -0.121. The Balaban J connectivity index is 1.63. The van der Waals surface area contributed by atoms with Gasteiger partial charge in [0.1, 0.15) is 0 Å². The third kappa shape index (κ3) is 4.38. The molecule has 1 saturated heterocycles. The monoisotopic (exact) mass is 250 g/mol. The van der Waals surface area contributed by atoms with Gasteiger partial charge in [0.05, 0.1) is 31.6 Å². The van der Waals surface area contributed by atoms with Crippen molar-refractivity contribution in [2.75, 3.05) is 32.8 Å². The highest BCUT2D eigenvalue weighted by molar-refractivity contribution is 5.75. The summed E-state index contributed by atoms with van der Waals surface area (Å²) in [5, 5.41) is 2.84. The molecule has 0 aliphatic carbocycles. The van der Waals surface area contributed by atoms with E-state index in [0.717, 1.165) is 38.5 Å². The van der Waals surface area contributed by atoms with Crippen LogP contribution in [0.15, 0.2) is 18.6 Å². The summed E-state index contributed by atoms with van der Waals surface area (Å²) < 4.78 is 5.25. The zero-order chi connectivity index (χ0) is 12.6. The molecule has 1 aromatic rings. The van der Waals surface area contributed by atoms with E-state index in [1.807, 2.05) is 0 Å². The normalized spacial score (nSPS) is 16.4. The van der Waals surface area contributed by atoms with Crippen LogP contribution in [0.4, 0.5) is 0 Å². The molecule has 0 radical (unpaired) electrons. The molecule has 0 bridgehead atoms. The summed E-state index contributed by atoms with van der Waals surface area (Å²) in [6, 6.07) is 0. The van der Waals surface area contributed by atoms with E-state index in [1.165, 1.54) is 0 Å². The second-order valence-electron chi connectivity index (χ2n) is 4.18.